The lowest BCUT2D eigenvalue weighted by Gasteiger charge is -2.26. The van der Waals surface area contributed by atoms with Crippen LogP contribution in [0.4, 0.5) is 8.78 Å². The van der Waals surface area contributed by atoms with Crippen LogP contribution in [0, 0.1) is 0 Å². The van der Waals surface area contributed by atoms with Crippen LogP contribution >= 0.6 is 0 Å². The summed E-state index contributed by atoms with van der Waals surface area (Å²) < 4.78 is 24.6. The van der Waals surface area contributed by atoms with Crippen LogP contribution in [0.25, 0.3) is 0 Å². The van der Waals surface area contributed by atoms with E-state index in [1.165, 1.54) is 0 Å². The minimum Gasteiger partial charge on any atom is -0.309 e. The Labute approximate surface area is 53.4 Å². The molecule has 0 aromatic carbocycles. The van der Waals surface area contributed by atoms with E-state index in [0.29, 0.717) is 6.42 Å². The van der Waals surface area contributed by atoms with Crippen molar-refractivity contribution in [2.75, 3.05) is 6.54 Å². The maximum atomic E-state index is 12.3. The Hall–Kier alpha value is -0.180. The fraction of sp³-hybridized carbons (Fsp3) is 1.00. The smallest absolute Gasteiger partial charge is 0.260 e. The van der Waals surface area contributed by atoms with Gasteiger partial charge in [-0.15, -0.1) is 0 Å². The van der Waals surface area contributed by atoms with Gasteiger partial charge in [0.2, 0.25) is 0 Å². The van der Waals surface area contributed by atoms with E-state index in [0.717, 1.165) is 0 Å². The van der Waals surface area contributed by atoms with E-state index in [1.807, 2.05) is 6.92 Å². The SMILES string of the molecule is CC1CCC(F)(F)CN1. The minimum absolute atomic E-state index is 0.0428. The van der Waals surface area contributed by atoms with Crippen molar-refractivity contribution in [1.82, 2.24) is 5.32 Å². The van der Waals surface area contributed by atoms with Gasteiger partial charge in [-0.25, -0.2) is 8.78 Å². The molecule has 54 valence electrons. The van der Waals surface area contributed by atoms with Gasteiger partial charge >= 0.3 is 0 Å². The molecule has 3 heteroatoms. The minimum atomic E-state index is -2.45. The van der Waals surface area contributed by atoms with Gasteiger partial charge in [-0.3, -0.25) is 0 Å². The first-order chi connectivity index (χ1) is 4.10. The third-order valence-corrected chi connectivity index (χ3v) is 1.65. The van der Waals surface area contributed by atoms with Crippen molar-refractivity contribution >= 4 is 0 Å². The highest BCUT2D eigenvalue weighted by molar-refractivity contribution is 4.79. The fourth-order valence-electron chi connectivity index (χ4n) is 0.942. The maximum Gasteiger partial charge on any atom is 0.260 e. The Balaban J connectivity index is 2.35. The lowest BCUT2D eigenvalue weighted by Crippen LogP contribution is -2.43. The van der Waals surface area contributed by atoms with Crippen LogP contribution in [0.5, 0.6) is 0 Å². The molecule has 1 fully saturated rings. The first-order valence-electron chi connectivity index (χ1n) is 3.21. The monoisotopic (exact) mass is 135 g/mol. The molecule has 1 saturated heterocycles. The second-order valence-electron chi connectivity index (χ2n) is 2.68. The zero-order valence-electron chi connectivity index (χ0n) is 5.45. The zero-order valence-corrected chi connectivity index (χ0v) is 5.45. The normalized spacial score (nSPS) is 34.3. The predicted octanol–water partition coefficient (Wildman–Crippen LogP) is 1.39. The summed E-state index contributed by atoms with van der Waals surface area (Å²) in [7, 11) is 0. The number of rotatable bonds is 0. The Morgan fingerprint density at radius 3 is 2.56 bits per heavy atom. The fourth-order valence-corrected chi connectivity index (χ4v) is 0.942. The topological polar surface area (TPSA) is 12.0 Å². The molecule has 0 amide bonds. The van der Waals surface area contributed by atoms with Gasteiger partial charge in [-0.05, 0) is 13.3 Å². The lowest BCUT2D eigenvalue weighted by molar-refractivity contribution is -0.0285. The third-order valence-electron chi connectivity index (χ3n) is 1.65. The van der Waals surface area contributed by atoms with Gasteiger partial charge in [-0.1, -0.05) is 0 Å². The van der Waals surface area contributed by atoms with E-state index in [2.05, 4.69) is 5.32 Å². The molecule has 0 aromatic rings. The predicted molar refractivity (Wildman–Crippen MR) is 31.6 cm³/mol. The van der Waals surface area contributed by atoms with Crippen molar-refractivity contribution in [1.29, 1.82) is 0 Å². The van der Waals surface area contributed by atoms with Crippen molar-refractivity contribution in [3.63, 3.8) is 0 Å². The first-order valence-corrected chi connectivity index (χ1v) is 3.21. The molecule has 1 rings (SSSR count). The van der Waals surface area contributed by atoms with Gasteiger partial charge in [0.15, 0.2) is 0 Å². The molecular weight excluding hydrogens is 124 g/mol. The van der Waals surface area contributed by atoms with Crippen LogP contribution in [0.1, 0.15) is 19.8 Å². The van der Waals surface area contributed by atoms with Crippen LogP contribution in [0.3, 0.4) is 0 Å². The quantitative estimate of drug-likeness (QED) is 0.529. The highest BCUT2D eigenvalue weighted by atomic mass is 19.3. The second-order valence-corrected chi connectivity index (χ2v) is 2.68. The van der Waals surface area contributed by atoms with Crippen LogP contribution in [0.2, 0.25) is 0 Å². The van der Waals surface area contributed by atoms with E-state index in [9.17, 15) is 8.78 Å². The molecule has 1 N–H and O–H groups in total. The van der Waals surface area contributed by atoms with Crippen LogP contribution in [-0.4, -0.2) is 18.5 Å². The molecular formula is C6H11F2N. The molecule has 0 aliphatic carbocycles. The molecule has 1 aliphatic heterocycles. The van der Waals surface area contributed by atoms with Gasteiger partial charge in [0, 0.05) is 12.5 Å². The van der Waals surface area contributed by atoms with Gasteiger partial charge in [0.1, 0.15) is 0 Å². The highest BCUT2D eigenvalue weighted by Gasteiger charge is 2.32. The summed E-state index contributed by atoms with van der Waals surface area (Å²) in [6.07, 6.45) is 0.633. The number of hydrogen-bond acceptors (Lipinski definition) is 1. The van der Waals surface area contributed by atoms with E-state index in [-0.39, 0.29) is 19.0 Å². The number of nitrogens with one attached hydrogen (secondary N) is 1. The van der Waals surface area contributed by atoms with Crippen LogP contribution in [-0.2, 0) is 0 Å². The molecule has 1 nitrogen and oxygen atoms in total. The summed E-state index contributed by atoms with van der Waals surface area (Å²) in [6, 6.07) is 0.268. The van der Waals surface area contributed by atoms with Crippen molar-refractivity contribution in [2.45, 2.75) is 31.7 Å². The molecule has 1 atom stereocenters. The summed E-state index contributed by atoms with van der Waals surface area (Å²) in [5, 5.41) is 2.72. The van der Waals surface area contributed by atoms with Crippen molar-refractivity contribution < 1.29 is 8.78 Å². The Morgan fingerprint density at radius 1 is 1.56 bits per heavy atom. The Kier molecular flexibility index (Phi) is 1.70. The van der Waals surface area contributed by atoms with E-state index in [1.54, 1.807) is 0 Å². The van der Waals surface area contributed by atoms with Crippen molar-refractivity contribution in [3.8, 4) is 0 Å². The summed E-state index contributed by atoms with van der Waals surface area (Å²) >= 11 is 0. The third kappa shape index (κ3) is 1.90. The summed E-state index contributed by atoms with van der Waals surface area (Å²) in [5.74, 6) is -2.45. The highest BCUT2D eigenvalue weighted by Crippen LogP contribution is 2.23. The lowest BCUT2D eigenvalue weighted by atomic mass is 10.0. The summed E-state index contributed by atoms with van der Waals surface area (Å²) in [4.78, 5) is 0. The summed E-state index contributed by atoms with van der Waals surface area (Å²) in [6.45, 7) is 1.78. The molecule has 1 heterocycles. The second kappa shape index (κ2) is 2.21. The standard InChI is InChI=1S/C6H11F2N/c1-5-2-3-6(7,8)4-9-5/h5,9H,2-4H2,1H3. The number of piperidine rings is 1. The summed E-state index contributed by atoms with van der Waals surface area (Å²) in [5.41, 5.74) is 0. The maximum absolute atomic E-state index is 12.3. The molecule has 1 unspecified atom stereocenters. The zero-order chi connectivity index (χ0) is 6.91. The first kappa shape index (κ1) is 6.93. The van der Waals surface area contributed by atoms with Gasteiger partial charge in [0.05, 0.1) is 6.54 Å². The molecule has 0 saturated carbocycles. The molecule has 0 bridgehead atoms. The van der Waals surface area contributed by atoms with Crippen molar-refractivity contribution in [2.24, 2.45) is 0 Å². The van der Waals surface area contributed by atoms with E-state index in [4.69, 9.17) is 0 Å². The molecule has 9 heavy (non-hydrogen) atoms. The largest absolute Gasteiger partial charge is 0.309 e. The van der Waals surface area contributed by atoms with Gasteiger partial charge in [-0.2, -0.15) is 0 Å². The molecule has 0 aromatic heterocycles. The van der Waals surface area contributed by atoms with E-state index < -0.39 is 5.92 Å². The average molecular weight is 135 g/mol. The molecule has 1 aliphatic rings. The van der Waals surface area contributed by atoms with Crippen LogP contribution in [0.15, 0.2) is 0 Å². The van der Waals surface area contributed by atoms with Gasteiger partial charge < -0.3 is 5.32 Å². The van der Waals surface area contributed by atoms with Crippen LogP contribution < -0.4 is 5.32 Å². The van der Waals surface area contributed by atoms with Gasteiger partial charge in [0.25, 0.3) is 5.92 Å². The average Bonchev–Trinajstić information content (AvgIpc) is 1.78. The molecule has 0 spiro atoms. The molecule has 0 radical (unpaired) electrons. The van der Waals surface area contributed by atoms with E-state index >= 15 is 0 Å². The Bertz CT molecular complexity index is 93.2. The Morgan fingerprint density at radius 2 is 2.22 bits per heavy atom. The number of halogens is 2. The number of alkyl halides is 2. The van der Waals surface area contributed by atoms with Crippen molar-refractivity contribution in [3.05, 3.63) is 0 Å². The number of hydrogen-bond donors (Lipinski definition) is 1.